The zero-order chi connectivity index (χ0) is 14.5. The van der Waals surface area contributed by atoms with E-state index >= 15 is 0 Å². The Balaban J connectivity index is 1.95. The third kappa shape index (κ3) is 3.31. The molecule has 8 nitrogen and oxygen atoms in total. The number of rotatable bonds is 5. The molecular formula is C12H11N3O5. The fourth-order valence-electron chi connectivity index (χ4n) is 1.41. The Labute approximate surface area is 113 Å². The lowest BCUT2D eigenvalue weighted by atomic mass is 10.2. The van der Waals surface area contributed by atoms with E-state index in [0.717, 1.165) is 0 Å². The molecule has 0 saturated carbocycles. The van der Waals surface area contributed by atoms with E-state index in [1.807, 2.05) is 0 Å². The number of anilines is 1. The number of benzene rings is 1. The maximum Gasteiger partial charge on any atom is 0.339 e. The normalized spacial score (nSPS) is 10.1. The van der Waals surface area contributed by atoms with Gasteiger partial charge >= 0.3 is 12.0 Å². The number of carbonyl (C=O) groups excluding carboxylic acids is 1. The highest BCUT2D eigenvalue weighted by Crippen LogP contribution is 2.17. The highest BCUT2D eigenvalue weighted by molar-refractivity contribution is 5.92. The number of nitrogens with one attached hydrogen (secondary N) is 1. The molecule has 0 saturated heterocycles. The van der Waals surface area contributed by atoms with Crippen molar-refractivity contribution >= 4 is 17.9 Å². The van der Waals surface area contributed by atoms with E-state index < -0.39 is 11.9 Å². The van der Waals surface area contributed by atoms with Crippen molar-refractivity contribution in [3.63, 3.8) is 0 Å². The molecule has 0 bridgehead atoms. The molecular weight excluding hydrogens is 266 g/mol. The predicted molar refractivity (Wildman–Crippen MR) is 66.6 cm³/mol. The number of aromatic nitrogens is 2. The summed E-state index contributed by atoms with van der Waals surface area (Å²) in [5.74, 6) is -1.24. The number of carboxylic acids is 1. The molecule has 0 atom stereocenters. The summed E-state index contributed by atoms with van der Waals surface area (Å²) in [5, 5.41) is 18.4. The molecule has 0 unspecified atom stereocenters. The molecule has 1 aromatic heterocycles. The Morgan fingerprint density at radius 1 is 1.35 bits per heavy atom. The monoisotopic (exact) mass is 277 g/mol. The van der Waals surface area contributed by atoms with E-state index in [4.69, 9.17) is 14.3 Å². The fraction of sp³-hybridized carbons (Fsp3) is 0.167. The molecule has 0 aliphatic heterocycles. The van der Waals surface area contributed by atoms with Crippen LogP contribution in [-0.2, 0) is 4.79 Å². The van der Waals surface area contributed by atoms with Crippen LogP contribution in [0.25, 0.3) is 0 Å². The molecule has 0 radical (unpaired) electrons. The zero-order valence-corrected chi connectivity index (χ0v) is 10.5. The van der Waals surface area contributed by atoms with Crippen molar-refractivity contribution in [2.75, 3.05) is 11.9 Å². The van der Waals surface area contributed by atoms with Gasteiger partial charge in [0.15, 0.2) is 6.61 Å². The average Bonchev–Trinajstić information content (AvgIpc) is 2.82. The summed E-state index contributed by atoms with van der Waals surface area (Å²) in [6, 6.07) is 5.99. The van der Waals surface area contributed by atoms with Crippen LogP contribution in [0.1, 0.15) is 16.2 Å². The number of hydrogen-bond donors (Lipinski definition) is 2. The summed E-state index contributed by atoms with van der Waals surface area (Å²) >= 11 is 0. The van der Waals surface area contributed by atoms with Crippen molar-refractivity contribution in [3.8, 4) is 5.75 Å². The van der Waals surface area contributed by atoms with Crippen LogP contribution >= 0.6 is 0 Å². The first-order valence-electron chi connectivity index (χ1n) is 5.61. The minimum absolute atomic E-state index is 0.0195. The SMILES string of the molecule is Cc1nnc(NC(=O)COc2ccccc2C(=O)O)o1. The smallest absolute Gasteiger partial charge is 0.339 e. The quantitative estimate of drug-likeness (QED) is 0.840. The van der Waals surface area contributed by atoms with E-state index in [9.17, 15) is 9.59 Å². The lowest BCUT2D eigenvalue weighted by Crippen LogP contribution is -2.21. The summed E-state index contributed by atoms with van der Waals surface area (Å²) < 4.78 is 10.1. The van der Waals surface area contributed by atoms with Crippen LogP contribution in [0.15, 0.2) is 28.7 Å². The second-order valence-electron chi connectivity index (χ2n) is 3.76. The molecule has 104 valence electrons. The zero-order valence-electron chi connectivity index (χ0n) is 10.5. The van der Waals surface area contributed by atoms with Gasteiger partial charge in [-0.3, -0.25) is 10.1 Å². The standard InChI is InChI=1S/C12H11N3O5/c1-7-14-15-12(20-7)13-10(16)6-19-9-5-3-2-4-8(9)11(17)18/h2-5H,6H2,1H3,(H,17,18)(H,13,15,16). The van der Waals surface area contributed by atoms with Gasteiger partial charge in [0.2, 0.25) is 5.89 Å². The first kappa shape index (κ1) is 13.5. The maximum absolute atomic E-state index is 11.6. The molecule has 0 aliphatic carbocycles. The molecule has 2 N–H and O–H groups in total. The Morgan fingerprint density at radius 3 is 2.75 bits per heavy atom. The van der Waals surface area contributed by atoms with Crippen LogP contribution in [0, 0.1) is 6.92 Å². The van der Waals surface area contributed by atoms with Crippen molar-refractivity contribution in [1.29, 1.82) is 0 Å². The van der Waals surface area contributed by atoms with Crippen LogP contribution in [0.5, 0.6) is 5.75 Å². The van der Waals surface area contributed by atoms with Gasteiger partial charge in [-0.1, -0.05) is 17.2 Å². The summed E-state index contributed by atoms with van der Waals surface area (Å²) in [5.41, 5.74) is -0.0195. The van der Waals surface area contributed by atoms with Gasteiger partial charge in [-0.05, 0) is 12.1 Å². The first-order chi connectivity index (χ1) is 9.56. The third-order valence-corrected chi connectivity index (χ3v) is 2.25. The number of nitrogens with zero attached hydrogens (tertiary/aromatic N) is 2. The van der Waals surface area contributed by atoms with Crippen LogP contribution in [-0.4, -0.2) is 33.8 Å². The van der Waals surface area contributed by atoms with Gasteiger partial charge in [0.05, 0.1) is 0 Å². The molecule has 1 amide bonds. The summed E-state index contributed by atoms with van der Waals surface area (Å²) in [7, 11) is 0. The van der Waals surface area contributed by atoms with Crippen molar-refractivity contribution < 1.29 is 23.8 Å². The summed E-state index contributed by atoms with van der Waals surface area (Å²) in [4.78, 5) is 22.5. The van der Waals surface area contributed by atoms with E-state index in [-0.39, 0.29) is 23.9 Å². The topological polar surface area (TPSA) is 115 Å². The number of para-hydroxylation sites is 1. The summed E-state index contributed by atoms with van der Waals surface area (Å²) in [6.07, 6.45) is 0. The minimum atomic E-state index is -1.13. The molecule has 20 heavy (non-hydrogen) atoms. The molecule has 1 heterocycles. The van der Waals surface area contributed by atoms with Gasteiger partial charge in [0, 0.05) is 6.92 Å². The van der Waals surface area contributed by atoms with Crippen LogP contribution in [0.2, 0.25) is 0 Å². The average molecular weight is 277 g/mol. The van der Waals surface area contributed by atoms with Crippen molar-refractivity contribution in [3.05, 3.63) is 35.7 Å². The van der Waals surface area contributed by atoms with Gasteiger partial charge in [0.1, 0.15) is 11.3 Å². The molecule has 2 rings (SSSR count). The van der Waals surface area contributed by atoms with E-state index in [0.29, 0.717) is 5.89 Å². The maximum atomic E-state index is 11.6. The number of amides is 1. The Bertz CT molecular complexity index is 638. The van der Waals surface area contributed by atoms with Gasteiger partial charge in [-0.25, -0.2) is 4.79 Å². The van der Waals surface area contributed by atoms with Crippen molar-refractivity contribution in [2.24, 2.45) is 0 Å². The minimum Gasteiger partial charge on any atom is -0.483 e. The number of ether oxygens (including phenoxy) is 1. The highest BCUT2D eigenvalue weighted by atomic mass is 16.5. The van der Waals surface area contributed by atoms with Crippen LogP contribution in [0.4, 0.5) is 6.01 Å². The van der Waals surface area contributed by atoms with E-state index in [1.165, 1.54) is 12.1 Å². The van der Waals surface area contributed by atoms with E-state index in [2.05, 4.69) is 15.5 Å². The van der Waals surface area contributed by atoms with Gasteiger partial charge < -0.3 is 14.3 Å². The van der Waals surface area contributed by atoms with E-state index in [1.54, 1.807) is 19.1 Å². The fourth-order valence-corrected chi connectivity index (χ4v) is 1.41. The van der Waals surface area contributed by atoms with Crippen LogP contribution in [0.3, 0.4) is 0 Å². The number of aromatic carboxylic acids is 1. The molecule has 0 spiro atoms. The molecule has 8 heteroatoms. The predicted octanol–water partition coefficient (Wildman–Crippen LogP) is 1.09. The number of carbonyl (C=O) groups is 2. The highest BCUT2D eigenvalue weighted by Gasteiger charge is 2.13. The second-order valence-corrected chi connectivity index (χ2v) is 3.76. The van der Waals surface area contributed by atoms with Crippen LogP contribution < -0.4 is 10.1 Å². The number of aryl methyl sites for hydroxylation is 1. The molecule has 1 aromatic carbocycles. The lowest BCUT2D eigenvalue weighted by Gasteiger charge is -2.07. The molecule has 0 aliphatic rings. The third-order valence-electron chi connectivity index (χ3n) is 2.25. The Morgan fingerprint density at radius 2 is 2.10 bits per heavy atom. The number of hydrogen-bond acceptors (Lipinski definition) is 6. The second kappa shape index (κ2) is 5.83. The Hall–Kier alpha value is -2.90. The van der Waals surface area contributed by atoms with Gasteiger partial charge in [-0.2, -0.15) is 0 Å². The first-order valence-corrected chi connectivity index (χ1v) is 5.61. The Kier molecular flexibility index (Phi) is 3.94. The number of carboxylic acid groups (broad SMARTS) is 1. The summed E-state index contributed by atoms with van der Waals surface area (Å²) in [6.45, 7) is 1.22. The molecule has 2 aromatic rings. The van der Waals surface area contributed by atoms with Crippen molar-refractivity contribution in [2.45, 2.75) is 6.92 Å². The largest absolute Gasteiger partial charge is 0.483 e. The molecule has 0 fully saturated rings. The van der Waals surface area contributed by atoms with Crippen molar-refractivity contribution in [1.82, 2.24) is 10.2 Å². The lowest BCUT2D eigenvalue weighted by molar-refractivity contribution is -0.118. The van der Waals surface area contributed by atoms with Gasteiger partial charge in [0.25, 0.3) is 5.91 Å². The van der Waals surface area contributed by atoms with Gasteiger partial charge in [-0.15, -0.1) is 5.10 Å².